The maximum absolute atomic E-state index is 12.0. The largest absolute Gasteiger partial charge is 0.375 e. The molecule has 0 aliphatic heterocycles. The third kappa shape index (κ3) is 2.86. The van der Waals surface area contributed by atoms with E-state index in [0.29, 0.717) is 17.4 Å². The number of nitrogens with two attached hydrogens (primary N) is 1. The van der Waals surface area contributed by atoms with Crippen LogP contribution in [-0.2, 0) is 24.8 Å². The van der Waals surface area contributed by atoms with Crippen molar-refractivity contribution in [2.75, 3.05) is 12.8 Å². The maximum Gasteiger partial charge on any atom is 0.228 e. The predicted molar refractivity (Wildman–Crippen MR) is 69.9 cm³/mol. The number of imidazole rings is 1. The lowest BCUT2D eigenvalue weighted by molar-refractivity contribution is -0.129. The van der Waals surface area contributed by atoms with Crippen LogP contribution in [0.4, 0.5) is 5.13 Å². The van der Waals surface area contributed by atoms with Crippen LogP contribution < -0.4 is 5.73 Å². The first-order valence-electron chi connectivity index (χ1n) is 5.46. The summed E-state index contributed by atoms with van der Waals surface area (Å²) in [4.78, 5) is 21.9. The molecule has 0 aliphatic rings. The minimum absolute atomic E-state index is 0.00306. The van der Waals surface area contributed by atoms with E-state index in [-0.39, 0.29) is 12.3 Å². The molecule has 2 N–H and O–H groups in total. The molecule has 1 amide bonds. The molecule has 0 aromatic carbocycles. The van der Waals surface area contributed by atoms with Crippen molar-refractivity contribution in [3.05, 3.63) is 29.3 Å². The number of hydrogen-bond acceptors (Lipinski definition) is 5. The number of likely N-dealkylation sites (N-methyl/N-ethyl adjacent to an activating group) is 1. The van der Waals surface area contributed by atoms with Crippen LogP contribution in [0.15, 0.2) is 17.8 Å². The number of aromatic nitrogens is 3. The van der Waals surface area contributed by atoms with Crippen molar-refractivity contribution >= 4 is 22.4 Å². The van der Waals surface area contributed by atoms with E-state index < -0.39 is 0 Å². The Morgan fingerprint density at radius 1 is 1.61 bits per heavy atom. The fourth-order valence-corrected chi connectivity index (χ4v) is 2.11. The topological polar surface area (TPSA) is 77.0 Å². The third-order valence-corrected chi connectivity index (χ3v) is 3.35. The lowest BCUT2D eigenvalue weighted by Gasteiger charge is -2.16. The highest BCUT2D eigenvalue weighted by Crippen LogP contribution is 2.12. The van der Waals surface area contributed by atoms with E-state index in [1.54, 1.807) is 18.1 Å². The van der Waals surface area contributed by atoms with Gasteiger partial charge in [-0.2, -0.15) is 0 Å². The average molecular weight is 265 g/mol. The molecule has 0 atom stereocenters. The van der Waals surface area contributed by atoms with Crippen LogP contribution in [0.25, 0.3) is 0 Å². The summed E-state index contributed by atoms with van der Waals surface area (Å²) in [6, 6.07) is 0. The van der Waals surface area contributed by atoms with Crippen molar-refractivity contribution in [1.82, 2.24) is 19.4 Å². The molecule has 18 heavy (non-hydrogen) atoms. The van der Waals surface area contributed by atoms with Crippen molar-refractivity contribution in [2.45, 2.75) is 13.0 Å². The van der Waals surface area contributed by atoms with E-state index in [4.69, 9.17) is 5.73 Å². The van der Waals surface area contributed by atoms with Gasteiger partial charge in [-0.25, -0.2) is 9.97 Å². The van der Waals surface area contributed by atoms with Crippen molar-refractivity contribution < 1.29 is 4.79 Å². The summed E-state index contributed by atoms with van der Waals surface area (Å²) in [5.41, 5.74) is 6.25. The first-order valence-corrected chi connectivity index (χ1v) is 6.34. The van der Waals surface area contributed by atoms with Gasteiger partial charge in [-0.15, -0.1) is 11.3 Å². The van der Waals surface area contributed by atoms with Gasteiger partial charge in [0.25, 0.3) is 0 Å². The number of thiazole rings is 1. The van der Waals surface area contributed by atoms with Crippen LogP contribution in [-0.4, -0.2) is 32.4 Å². The van der Waals surface area contributed by atoms with Gasteiger partial charge >= 0.3 is 0 Å². The number of anilines is 1. The number of aryl methyl sites for hydroxylation is 1. The van der Waals surface area contributed by atoms with Crippen molar-refractivity contribution in [1.29, 1.82) is 0 Å². The number of carbonyl (C=O) groups is 1. The summed E-state index contributed by atoms with van der Waals surface area (Å²) >= 11 is 1.35. The lowest BCUT2D eigenvalue weighted by atomic mass is 10.3. The number of rotatable bonds is 4. The molecule has 0 unspecified atom stereocenters. The number of carbonyl (C=O) groups excluding carboxylic acids is 1. The van der Waals surface area contributed by atoms with Crippen LogP contribution in [0.5, 0.6) is 0 Å². The van der Waals surface area contributed by atoms with Crippen molar-refractivity contribution in [3.8, 4) is 0 Å². The number of amides is 1. The fourth-order valence-electron chi connectivity index (χ4n) is 1.54. The lowest BCUT2D eigenvalue weighted by Crippen LogP contribution is -2.29. The van der Waals surface area contributed by atoms with Crippen molar-refractivity contribution in [2.24, 2.45) is 7.05 Å². The molecule has 0 radical (unpaired) electrons. The summed E-state index contributed by atoms with van der Waals surface area (Å²) in [6.45, 7) is 0.488. The first kappa shape index (κ1) is 12.6. The van der Waals surface area contributed by atoms with Gasteiger partial charge < -0.3 is 15.2 Å². The van der Waals surface area contributed by atoms with Crippen LogP contribution in [0.1, 0.15) is 11.5 Å². The molecule has 0 spiro atoms. The van der Waals surface area contributed by atoms with E-state index in [1.165, 1.54) is 11.3 Å². The Hall–Kier alpha value is -1.89. The Morgan fingerprint density at radius 2 is 2.39 bits per heavy atom. The molecule has 0 saturated heterocycles. The molecule has 2 aromatic heterocycles. The van der Waals surface area contributed by atoms with Gasteiger partial charge in [-0.05, 0) is 0 Å². The summed E-state index contributed by atoms with van der Waals surface area (Å²) in [5, 5.41) is 2.30. The van der Waals surface area contributed by atoms with Gasteiger partial charge in [0.2, 0.25) is 5.91 Å². The van der Waals surface area contributed by atoms with Gasteiger partial charge in [0.05, 0.1) is 18.7 Å². The Kier molecular flexibility index (Phi) is 3.61. The van der Waals surface area contributed by atoms with E-state index in [1.807, 2.05) is 23.2 Å². The summed E-state index contributed by atoms with van der Waals surface area (Å²) in [5.74, 6) is 0.854. The monoisotopic (exact) mass is 265 g/mol. The Morgan fingerprint density at radius 3 is 2.94 bits per heavy atom. The molecule has 2 rings (SSSR count). The van der Waals surface area contributed by atoms with E-state index >= 15 is 0 Å². The fraction of sp³-hybridized carbons (Fsp3) is 0.364. The highest BCUT2D eigenvalue weighted by Gasteiger charge is 2.13. The predicted octanol–water partition coefficient (Wildman–Crippen LogP) is 0.660. The van der Waals surface area contributed by atoms with Crippen molar-refractivity contribution in [3.63, 3.8) is 0 Å². The Labute approximate surface area is 109 Å². The number of nitrogen functional groups attached to an aromatic ring is 1. The van der Waals surface area contributed by atoms with Crippen LogP contribution >= 0.6 is 11.3 Å². The Bertz CT molecular complexity index is 547. The molecule has 2 aromatic rings. The smallest absolute Gasteiger partial charge is 0.228 e. The van der Waals surface area contributed by atoms with Crippen LogP contribution in [0.2, 0.25) is 0 Å². The molecule has 0 bridgehead atoms. The number of nitrogens with zero attached hydrogens (tertiary/aromatic N) is 4. The van der Waals surface area contributed by atoms with Gasteiger partial charge in [0, 0.05) is 31.9 Å². The normalized spacial score (nSPS) is 10.6. The van der Waals surface area contributed by atoms with E-state index in [2.05, 4.69) is 9.97 Å². The molecule has 2 heterocycles. The summed E-state index contributed by atoms with van der Waals surface area (Å²) in [7, 11) is 3.66. The highest BCUT2D eigenvalue weighted by molar-refractivity contribution is 7.13. The second kappa shape index (κ2) is 5.18. The van der Waals surface area contributed by atoms with Crippen LogP contribution in [0, 0.1) is 0 Å². The zero-order valence-electron chi connectivity index (χ0n) is 10.3. The molecule has 96 valence electrons. The summed E-state index contributed by atoms with van der Waals surface area (Å²) < 4.78 is 1.89. The average Bonchev–Trinajstić information content (AvgIpc) is 2.89. The quantitative estimate of drug-likeness (QED) is 0.881. The molecular weight excluding hydrogens is 250 g/mol. The molecular formula is C11H15N5OS. The molecule has 7 heteroatoms. The third-order valence-electron chi connectivity index (χ3n) is 2.63. The van der Waals surface area contributed by atoms with Gasteiger partial charge in [-0.3, -0.25) is 4.79 Å². The molecule has 0 saturated carbocycles. The number of hydrogen-bond donors (Lipinski definition) is 1. The van der Waals surface area contributed by atoms with E-state index in [0.717, 1.165) is 5.82 Å². The summed E-state index contributed by atoms with van der Waals surface area (Å²) in [6.07, 6.45) is 3.85. The zero-order chi connectivity index (χ0) is 13.1. The molecule has 0 fully saturated rings. The van der Waals surface area contributed by atoms with Gasteiger partial charge in [0.1, 0.15) is 5.82 Å². The van der Waals surface area contributed by atoms with Gasteiger partial charge in [0.15, 0.2) is 5.13 Å². The molecule has 0 aliphatic carbocycles. The second-order valence-electron chi connectivity index (χ2n) is 4.06. The van der Waals surface area contributed by atoms with Crippen LogP contribution in [0.3, 0.4) is 0 Å². The molecule has 6 nitrogen and oxygen atoms in total. The minimum Gasteiger partial charge on any atom is -0.375 e. The zero-order valence-corrected chi connectivity index (χ0v) is 11.1. The highest BCUT2D eigenvalue weighted by atomic mass is 32.1. The SMILES string of the molecule is CN(Cc1nccn1C)C(=O)Cc1csc(N)n1. The second-order valence-corrected chi connectivity index (χ2v) is 4.95. The van der Waals surface area contributed by atoms with Gasteiger partial charge in [-0.1, -0.05) is 0 Å². The van der Waals surface area contributed by atoms with E-state index in [9.17, 15) is 4.79 Å². The maximum atomic E-state index is 12.0. The first-order chi connectivity index (χ1) is 8.56. The Balaban J connectivity index is 1.95. The minimum atomic E-state index is 0.00306. The standard InChI is InChI=1S/C11H15N5OS/c1-15-4-3-13-9(15)6-16(2)10(17)5-8-7-18-11(12)14-8/h3-4,7H,5-6H2,1-2H3,(H2,12,14).